The molecule has 0 heterocycles. The number of amides is 1. The van der Waals surface area contributed by atoms with Gasteiger partial charge in [-0.25, -0.2) is 4.39 Å². The maximum Gasteiger partial charge on any atom is 0.260 e. The lowest BCUT2D eigenvalue weighted by molar-refractivity contribution is -0.127. The summed E-state index contributed by atoms with van der Waals surface area (Å²) in [7, 11) is 0. The minimum Gasteiger partial charge on any atom is -0.481 e. The third-order valence-corrected chi connectivity index (χ3v) is 4.47. The highest BCUT2D eigenvalue weighted by Gasteiger charge is 2.13. The normalized spacial score (nSPS) is 11.8. The summed E-state index contributed by atoms with van der Waals surface area (Å²) in [5.41, 5.74) is 1.10. The van der Waals surface area contributed by atoms with Crippen LogP contribution in [-0.4, -0.2) is 24.3 Å². The molecule has 1 amide bonds. The van der Waals surface area contributed by atoms with Crippen LogP contribution in [0, 0.1) is 12.7 Å². The van der Waals surface area contributed by atoms with Gasteiger partial charge in [-0.3, -0.25) is 4.79 Å². The maximum atomic E-state index is 12.8. The molecule has 0 saturated heterocycles. The number of carbonyl (C=O) groups excluding carboxylic acids is 1. The van der Waals surface area contributed by atoms with E-state index in [2.05, 4.69) is 5.32 Å². The largest absolute Gasteiger partial charge is 0.481 e. The third kappa shape index (κ3) is 6.24. The van der Waals surface area contributed by atoms with E-state index in [-0.39, 0.29) is 11.7 Å². The molecule has 0 bridgehead atoms. The molecule has 128 valence electrons. The Morgan fingerprint density at radius 2 is 2.00 bits per heavy atom. The number of aryl methyl sites for hydroxylation is 1. The molecule has 2 aromatic carbocycles. The van der Waals surface area contributed by atoms with Crippen LogP contribution in [0.5, 0.6) is 5.75 Å². The van der Waals surface area contributed by atoms with Crippen LogP contribution in [0.4, 0.5) is 4.39 Å². The van der Waals surface area contributed by atoms with Crippen molar-refractivity contribution < 1.29 is 13.9 Å². The van der Waals surface area contributed by atoms with Gasteiger partial charge in [-0.15, -0.1) is 11.8 Å². The van der Waals surface area contributed by atoms with E-state index in [4.69, 9.17) is 4.74 Å². The average molecular weight is 347 g/mol. The molecule has 0 fully saturated rings. The second-order valence-electron chi connectivity index (χ2n) is 5.52. The number of hydrogen-bond donors (Lipinski definition) is 1. The molecular formula is C19H22FNO2S. The number of ether oxygens (including phenoxy) is 1. The zero-order chi connectivity index (χ0) is 17.4. The molecule has 2 aromatic rings. The third-order valence-electron chi connectivity index (χ3n) is 3.37. The second-order valence-corrected chi connectivity index (χ2v) is 6.69. The highest BCUT2D eigenvalue weighted by atomic mass is 32.2. The standard InChI is InChI=1S/C19H22FNO2S/c1-14-5-3-6-17(13-14)23-15(2)19(22)21-11-4-12-24-18-9-7-16(20)8-10-18/h3,5-10,13,15H,4,11-12H2,1-2H3,(H,21,22)/t15-/m1/s1. The average Bonchev–Trinajstić information content (AvgIpc) is 2.56. The van der Waals surface area contributed by atoms with E-state index in [0.717, 1.165) is 22.6 Å². The van der Waals surface area contributed by atoms with Gasteiger partial charge in [-0.1, -0.05) is 12.1 Å². The van der Waals surface area contributed by atoms with E-state index >= 15 is 0 Å². The SMILES string of the molecule is Cc1cccc(O[C@H](C)C(=O)NCCCSc2ccc(F)cc2)c1. The van der Waals surface area contributed by atoms with Crippen molar-refractivity contribution in [2.24, 2.45) is 0 Å². The van der Waals surface area contributed by atoms with E-state index in [0.29, 0.717) is 12.3 Å². The summed E-state index contributed by atoms with van der Waals surface area (Å²) in [5.74, 6) is 1.21. The molecule has 2 rings (SSSR count). The topological polar surface area (TPSA) is 38.3 Å². The van der Waals surface area contributed by atoms with Gasteiger partial charge in [0.1, 0.15) is 11.6 Å². The molecule has 1 atom stereocenters. The van der Waals surface area contributed by atoms with Crippen molar-refractivity contribution in [3.05, 3.63) is 59.9 Å². The quantitative estimate of drug-likeness (QED) is 0.574. The Bertz CT molecular complexity index is 661. The van der Waals surface area contributed by atoms with Crippen LogP contribution in [0.3, 0.4) is 0 Å². The van der Waals surface area contributed by atoms with Crippen molar-refractivity contribution in [2.75, 3.05) is 12.3 Å². The first-order valence-electron chi connectivity index (χ1n) is 7.94. The Balaban J connectivity index is 1.64. The number of nitrogens with one attached hydrogen (secondary N) is 1. The second kappa shape index (κ2) is 9.33. The molecule has 0 radical (unpaired) electrons. The number of halogens is 1. The van der Waals surface area contributed by atoms with Crippen LogP contribution in [0.2, 0.25) is 0 Å². The summed E-state index contributed by atoms with van der Waals surface area (Å²) < 4.78 is 18.4. The molecule has 0 unspecified atom stereocenters. The lowest BCUT2D eigenvalue weighted by atomic mass is 10.2. The zero-order valence-corrected chi connectivity index (χ0v) is 14.7. The minimum absolute atomic E-state index is 0.122. The summed E-state index contributed by atoms with van der Waals surface area (Å²) in [6.07, 6.45) is 0.307. The first-order chi connectivity index (χ1) is 11.5. The highest BCUT2D eigenvalue weighted by molar-refractivity contribution is 7.99. The molecule has 24 heavy (non-hydrogen) atoms. The summed E-state index contributed by atoms with van der Waals surface area (Å²) in [6, 6.07) is 14.1. The summed E-state index contributed by atoms with van der Waals surface area (Å²) in [5, 5.41) is 2.88. The summed E-state index contributed by atoms with van der Waals surface area (Å²) in [6.45, 7) is 4.32. The van der Waals surface area contributed by atoms with Crippen molar-refractivity contribution >= 4 is 17.7 Å². The van der Waals surface area contributed by atoms with E-state index in [1.165, 1.54) is 12.1 Å². The van der Waals surface area contributed by atoms with Crippen LogP contribution in [0.1, 0.15) is 18.9 Å². The number of hydrogen-bond acceptors (Lipinski definition) is 3. The molecule has 3 nitrogen and oxygen atoms in total. The van der Waals surface area contributed by atoms with E-state index in [1.54, 1.807) is 30.8 Å². The van der Waals surface area contributed by atoms with Gasteiger partial charge < -0.3 is 10.1 Å². The molecule has 0 aliphatic heterocycles. The van der Waals surface area contributed by atoms with Crippen LogP contribution >= 0.6 is 11.8 Å². The number of carbonyl (C=O) groups is 1. The Morgan fingerprint density at radius 3 is 2.71 bits per heavy atom. The fraction of sp³-hybridized carbons (Fsp3) is 0.316. The smallest absolute Gasteiger partial charge is 0.260 e. The van der Waals surface area contributed by atoms with Gasteiger partial charge in [-0.05, 0) is 68.0 Å². The fourth-order valence-corrected chi connectivity index (χ4v) is 2.95. The Labute approximate surface area is 146 Å². The van der Waals surface area contributed by atoms with Crippen LogP contribution in [0.15, 0.2) is 53.4 Å². The predicted octanol–water partition coefficient (Wildman–Crippen LogP) is 4.20. The van der Waals surface area contributed by atoms with E-state index < -0.39 is 6.10 Å². The van der Waals surface area contributed by atoms with Crippen molar-refractivity contribution in [1.29, 1.82) is 0 Å². The molecule has 0 aromatic heterocycles. The lowest BCUT2D eigenvalue weighted by Gasteiger charge is -2.15. The zero-order valence-electron chi connectivity index (χ0n) is 13.9. The van der Waals surface area contributed by atoms with Gasteiger partial charge >= 0.3 is 0 Å². The van der Waals surface area contributed by atoms with Gasteiger partial charge in [0.2, 0.25) is 0 Å². The highest BCUT2D eigenvalue weighted by Crippen LogP contribution is 2.18. The molecule has 5 heteroatoms. The van der Waals surface area contributed by atoms with Crippen LogP contribution in [-0.2, 0) is 4.79 Å². The number of thioether (sulfide) groups is 1. The maximum absolute atomic E-state index is 12.8. The molecule has 0 saturated carbocycles. The minimum atomic E-state index is -0.531. The monoisotopic (exact) mass is 347 g/mol. The van der Waals surface area contributed by atoms with Crippen LogP contribution in [0.25, 0.3) is 0 Å². The van der Waals surface area contributed by atoms with E-state index in [1.807, 2.05) is 31.2 Å². The summed E-state index contributed by atoms with van der Waals surface area (Å²) in [4.78, 5) is 13.0. The molecule has 1 N–H and O–H groups in total. The number of benzene rings is 2. The van der Waals surface area contributed by atoms with Gasteiger partial charge in [0.25, 0.3) is 5.91 Å². The first kappa shape index (κ1) is 18.3. The molecule has 0 spiro atoms. The predicted molar refractivity (Wildman–Crippen MR) is 96.0 cm³/mol. The van der Waals surface area contributed by atoms with Crippen molar-refractivity contribution in [1.82, 2.24) is 5.32 Å². The Kier molecular flexibility index (Phi) is 7.12. The van der Waals surface area contributed by atoms with Crippen molar-refractivity contribution in [2.45, 2.75) is 31.3 Å². The van der Waals surface area contributed by atoms with Crippen LogP contribution < -0.4 is 10.1 Å². The Morgan fingerprint density at radius 1 is 1.25 bits per heavy atom. The molecule has 0 aliphatic rings. The van der Waals surface area contributed by atoms with Gasteiger partial charge in [0, 0.05) is 11.4 Å². The van der Waals surface area contributed by atoms with Crippen molar-refractivity contribution in [3.63, 3.8) is 0 Å². The fourth-order valence-electron chi connectivity index (χ4n) is 2.09. The van der Waals surface area contributed by atoms with Gasteiger partial charge in [-0.2, -0.15) is 0 Å². The lowest BCUT2D eigenvalue weighted by Crippen LogP contribution is -2.36. The van der Waals surface area contributed by atoms with Gasteiger partial charge in [0.05, 0.1) is 0 Å². The summed E-state index contributed by atoms with van der Waals surface area (Å²) >= 11 is 1.64. The van der Waals surface area contributed by atoms with Gasteiger partial charge in [0.15, 0.2) is 6.10 Å². The molecule has 0 aliphatic carbocycles. The van der Waals surface area contributed by atoms with E-state index in [9.17, 15) is 9.18 Å². The number of rotatable bonds is 8. The Hall–Kier alpha value is -2.01. The molecular weight excluding hydrogens is 325 g/mol. The van der Waals surface area contributed by atoms with Crippen molar-refractivity contribution in [3.8, 4) is 5.75 Å². The first-order valence-corrected chi connectivity index (χ1v) is 8.92.